The SMILES string of the molecule is CCNC(=NCc1ccc(OCCOC)nc1)NCC(C)(O)c1ccsc1.I. The summed E-state index contributed by atoms with van der Waals surface area (Å²) in [4.78, 5) is 8.83. The first-order valence-electron chi connectivity index (χ1n) is 8.89. The molecule has 0 amide bonds. The fourth-order valence-corrected chi connectivity index (χ4v) is 3.04. The number of nitrogens with one attached hydrogen (secondary N) is 2. The van der Waals surface area contributed by atoms with Crippen LogP contribution in [0.5, 0.6) is 5.88 Å². The normalized spacial score (nSPS) is 13.4. The van der Waals surface area contributed by atoms with Crippen LogP contribution < -0.4 is 15.4 Å². The number of nitrogens with zero attached hydrogens (tertiary/aromatic N) is 2. The Labute approximate surface area is 187 Å². The average molecular weight is 520 g/mol. The number of thiophene rings is 1. The molecule has 0 spiro atoms. The minimum Gasteiger partial charge on any atom is -0.475 e. The van der Waals surface area contributed by atoms with E-state index in [-0.39, 0.29) is 24.0 Å². The monoisotopic (exact) mass is 520 g/mol. The Morgan fingerprint density at radius 3 is 2.71 bits per heavy atom. The van der Waals surface area contributed by atoms with E-state index in [1.165, 1.54) is 0 Å². The van der Waals surface area contributed by atoms with Crippen molar-refractivity contribution in [2.45, 2.75) is 26.0 Å². The lowest BCUT2D eigenvalue weighted by atomic mass is 9.99. The summed E-state index contributed by atoms with van der Waals surface area (Å²) in [7, 11) is 1.63. The lowest BCUT2D eigenvalue weighted by Gasteiger charge is -2.24. The minimum absolute atomic E-state index is 0. The summed E-state index contributed by atoms with van der Waals surface area (Å²) < 4.78 is 10.4. The zero-order valence-electron chi connectivity index (χ0n) is 16.5. The van der Waals surface area contributed by atoms with Crippen LogP contribution in [0.15, 0.2) is 40.1 Å². The van der Waals surface area contributed by atoms with E-state index in [4.69, 9.17) is 9.47 Å². The van der Waals surface area contributed by atoms with Gasteiger partial charge in [-0.3, -0.25) is 0 Å². The largest absolute Gasteiger partial charge is 0.475 e. The molecule has 156 valence electrons. The van der Waals surface area contributed by atoms with Crippen molar-refractivity contribution in [3.8, 4) is 5.88 Å². The van der Waals surface area contributed by atoms with Crippen LogP contribution in [0.25, 0.3) is 0 Å². The number of hydrogen-bond acceptors (Lipinski definition) is 6. The molecule has 0 bridgehead atoms. The van der Waals surface area contributed by atoms with Crippen LogP contribution in [-0.2, 0) is 16.9 Å². The lowest BCUT2D eigenvalue weighted by Crippen LogP contribution is -2.44. The third-order valence-corrected chi connectivity index (χ3v) is 4.53. The highest BCUT2D eigenvalue weighted by Crippen LogP contribution is 2.21. The molecular weight excluding hydrogens is 491 g/mol. The summed E-state index contributed by atoms with van der Waals surface area (Å²) in [6.45, 7) is 6.36. The Balaban J connectivity index is 0.00000392. The van der Waals surface area contributed by atoms with Crippen molar-refractivity contribution >= 4 is 41.3 Å². The van der Waals surface area contributed by atoms with Crippen LogP contribution in [0.2, 0.25) is 0 Å². The first kappa shape index (κ1) is 24.6. The topological polar surface area (TPSA) is 88.0 Å². The number of hydrogen-bond donors (Lipinski definition) is 3. The number of ether oxygens (including phenoxy) is 2. The molecule has 0 aliphatic carbocycles. The van der Waals surface area contributed by atoms with Gasteiger partial charge in [-0.25, -0.2) is 9.98 Å². The molecule has 2 rings (SSSR count). The van der Waals surface area contributed by atoms with Gasteiger partial charge in [0.25, 0.3) is 0 Å². The molecule has 28 heavy (non-hydrogen) atoms. The molecule has 0 saturated heterocycles. The second kappa shape index (κ2) is 12.9. The molecule has 0 aromatic carbocycles. The van der Waals surface area contributed by atoms with Gasteiger partial charge in [-0.05, 0) is 41.8 Å². The highest BCUT2D eigenvalue weighted by atomic mass is 127. The van der Waals surface area contributed by atoms with Crippen LogP contribution in [0.4, 0.5) is 0 Å². The van der Waals surface area contributed by atoms with Gasteiger partial charge in [-0.2, -0.15) is 11.3 Å². The molecule has 0 aliphatic rings. The highest BCUT2D eigenvalue weighted by molar-refractivity contribution is 14.0. The van der Waals surface area contributed by atoms with Gasteiger partial charge >= 0.3 is 0 Å². The van der Waals surface area contributed by atoms with Crippen LogP contribution >= 0.6 is 35.3 Å². The van der Waals surface area contributed by atoms with Crippen molar-refractivity contribution in [2.24, 2.45) is 4.99 Å². The molecule has 1 atom stereocenters. The van der Waals surface area contributed by atoms with Crippen molar-refractivity contribution in [2.75, 3.05) is 33.4 Å². The molecular formula is C19H29IN4O3S. The van der Waals surface area contributed by atoms with Gasteiger partial charge in [0, 0.05) is 25.9 Å². The molecule has 0 saturated carbocycles. The maximum absolute atomic E-state index is 10.6. The van der Waals surface area contributed by atoms with Gasteiger partial charge in [-0.1, -0.05) is 6.07 Å². The molecule has 3 N–H and O–H groups in total. The fraction of sp³-hybridized carbons (Fsp3) is 0.474. The fourth-order valence-electron chi connectivity index (χ4n) is 2.26. The van der Waals surface area contributed by atoms with Crippen LogP contribution in [0.3, 0.4) is 0 Å². The number of rotatable bonds is 10. The predicted molar refractivity (Wildman–Crippen MR) is 124 cm³/mol. The van der Waals surface area contributed by atoms with Crippen molar-refractivity contribution in [3.05, 3.63) is 46.3 Å². The van der Waals surface area contributed by atoms with Gasteiger partial charge in [0.15, 0.2) is 5.96 Å². The van der Waals surface area contributed by atoms with E-state index in [9.17, 15) is 5.11 Å². The van der Waals surface area contributed by atoms with Crippen molar-refractivity contribution in [1.29, 1.82) is 0 Å². The van der Waals surface area contributed by atoms with Gasteiger partial charge in [0.2, 0.25) is 5.88 Å². The van der Waals surface area contributed by atoms with Crippen molar-refractivity contribution in [1.82, 2.24) is 15.6 Å². The van der Waals surface area contributed by atoms with Gasteiger partial charge < -0.3 is 25.2 Å². The summed E-state index contributed by atoms with van der Waals surface area (Å²) in [5, 5.41) is 20.9. The van der Waals surface area contributed by atoms with Crippen molar-refractivity contribution in [3.63, 3.8) is 0 Å². The van der Waals surface area contributed by atoms with Crippen molar-refractivity contribution < 1.29 is 14.6 Å². The van der Waals surface area contributed by atoms with Crippen LogP contribution in [0.1, 0.15) is 25.0 Å². The summed E-state index contributed by atoms with van der Waals surface area (Å²) in [5.41, 5.74) is 0.902. The number of halogens is 1. The molecule has 0 fully saturated rings. The number of aromatic nitrogens is 1. The standard InChI is InChI=1S/C19H28N4O3S.HI/c1-4-20-18(23-14-19(2,24)16-7-10-27-13-16)22-12-15-5-6-17(21-11-15)26-9-8-25-3;/h5-7,10-11,13,24H,4,8-9,12,14H2,1-3H3,(H2,20,22,23);1H. The third-order valence-electron chi connectivity index (χ3n) is 3.84. The summed E-state index contributed by atoms with van der Waals surface area (Å²) in [6, 6.07) is 5.68. The molecule has 2 aromatic heterocycles. The van der Waals surface area contributed by atoms with Gasteiger partial charge in [0.1, 0.15) is 12.2 Å². The van der Waals surface area contributed by atoms with E-state index in [1.807, 2.05) is 35.9 Å². The van der Waals surface area contributed by atoms with E-state index in [1.54, 1.807) is 31.6 Å². The smallest absolute Gasteiger partial charge is 0.213 e. The Hall–Kier alpha value is -1.43. The molecule has 0 aliphatic heterocycles. The Kier molecular flexibility index (Phi) is 11.4. The molecule has 2 aromatic rings. The van der Waals surface area contributed by atoms with Gasteiger partial charge in [0.05, 0.1) is 19.7 Å². The maximum Gasteiger partial charge on any atom is 0.213 e. The molecule has 1 unspecified atom stereocenters. The van der Waals surface area contributed by atoms with Gasteiger partial charge in [-0.15, -0.1) is 24.0 Å². The number of pyridine rings is 1. The number of aliphatic imine (C=N–C) groups is 1. The highest BCUT2D eigenvalue weighted by Gasteiger charge is 2.23. The second-order valence-electron chi connectivity index (χ2n) is 6.18. The first-order chi connectivity index (χ1) is 13.0. The number of methoxy groups -OCH3 is 1. The molecule has 7 nitrogen and oxygen atoms in total. The van der Waals surface area contributed by atoms with E-state index >= 15 is 0 Å². The molecule has 9 heteroatoms. The number of aliphatic hydroxyl groups is 1. The summed E-state index contributed by atoms with van der Waals surface area (Å²) in [5.74, 6) is 1.21. The minimum atomic E-state index is -0.959. The van der Waals surface area contributed by atoms with E-state index in [0.717, 1.165) is 17.7 Å². The Morgan fingerprint density at radius 2 is 2.11 bits per heavy atom. The van der Waals surface area contributed by atoms with E-state index in [2.05, 4.69) is 20.6 Å². The second-order valence-corrected chi connectivity index (χ2v) is 6.96. The van der Waals surface area contributed by atoms with E-state index in [0.29, 0.717) is 38.1 Å². The van der Waals surface area contributed by atoms with E-state index < -0.39 is 5.60 Å². The van der Waals surface area contributed by atoms with Crippen LogP contribution in [0, 0.1) is 0 Å². The zero-order valence-corrected chi connectivity index (χ0v) is 19.6. The lowest BCUT2D eigenvalue weighted by molar-refractivity contribution is 0.0621. The predicted octanol–water partition coefficient (Wildman–Crippen LogP) is 2.75. The quantitative estimate of drug-likeness (QED) is 0.193. The zero-order chi connectivity index (χ0) is 19.5. The molecule has 2 heterocycles. The number of guanidine groups is 1. The third kappa shape index (κ3) is 8.29. The maximum atomic E-state index is 10.6. The Morgan fingerprint density at radius 1 is 1.29 bits per heavy atom. The Bertz CT molecular complexity index is 694. The average Bonchev–Trinajstić information content (AvgIpc) is 3.21. The van der Waals surface area contributed by atoms with Crippen LogP contribution in [-0.4, -0.2) is 49.5 Å². The summed E-state index contributed by atoms with van der Waals surface area (Å²) in [6.07, 6.45) is 1.75. The summed E-state index contributed by atoms with van der Waals surface area (Å²) >= 11 is 1.57. The molecule has 0 radical (unpaired) electrons. The first-order valence-corrected chi connectivity index (χ1v) is 9.83.